The minimum atomic E-state index is -3.64. The first-order valence-electron chi connectivity index (χ1n) is 5.13. The fraction of sp³-hybridized carbons (Fsp3) is 0.300. The average Bonchev–Trinajstić information content (AvgIpc) is 2.31. The van der Waals surface area contributed by atoms with Crippen LogP contribution in [0.5, 0.6) is 0 Å². The van der Waals surface area contributed by atoms with E-state index in [-0.39, 0.29) is 24.7 Å². The lowest BCUT2D eigenvalue weighted by Gasteiger charge is -2.07. The number of ether oxygens (including phenoxy) is 1. The van der Waals surface area contributed by atoms with E-state index in [0.717, 1.165) is 0 Å². The Morgan fingerprint density at radius 1 is 1.47 bits per heavy atom. The van der Waals surface area contributed by atoms with Gasteiger partial charge in [0.25, 0.3) is 0 Å². The van der Waals surface area contributed by atoms with Crippen molar-refractivity contribution in [1.29, 1.82) is 0 Å². The third kappa shape index (κ3) is 5.45. The first-order valence-corrected chi connectivity index (χ1v) is 7.79. The molecule has 0 unspecified atom stereocenters. The van der Waals surface area contributed by atoms with Gasteiger partial charge in [-0.15, -0.1) is 0 Å². The molecule has 19 heavy (non-hydrogen) atoms. The maximum Gasteiger partial charge on any atom is 0.243 e. The number of amides is 1. The third-order valence-electron chi connectivity index (χ3n) is 1.98. The molecule has 0 fully saturated rings. The van der Waals surface area contributed by atoms with Gasteiger partial charge in [0.05, 0.1) is 16.5 Å². The number of carbonyl (C=O) groups excluding carboxylic acids is 1. The molecule has 1 aromatic carbocycles. The fourth-order valence-corrected chi connectivity index (χ4v) is 2.84. The zero-order valence-corrected chi connectivity index (χ0v) is 12.9. The molecule has 0 spiro atoms. The van der Waals surface area contributed by atoms with Crippen molar-refractivity contribution in [3.05, 3.63) is 27.7 Å². The van der Waals surface area contributed by atoms with Crippen LogP contribution in [0.2, 0.25) is 5.02 Å². The second kappa shape index (κ2) is 7.20. The highest BCUT2D eigenvalue weighted by molar-refractivity contribution is 9.10. The van der Waals surface area contributed by atoms with Gasteiger partial charge in [-0.25, -0.2) is 13.1 Å². The van der Waals surface area contributed by atoms with Crippen molar-refractivity contribution in [2.24, 2.45) is 5.73 Å². The van der Waals surface area contributed by atoms with Crippen LogP contribution in [0.1, 0.15) is 0 Å². The summed E-state index contributed by atoms with van der Waals surface area (Å²) in [5.74, 6) is -0.607. The van der Waals surface area contributed by atoms with Gasteiger partial charge in [0.2, 0.25) is 15.9 Å². The molecular formula is C10H12BrClN2O4S. The highest BCUT2D eigenvalue weighted by atomic mass is 79.9. The lowest BCUT2D eigenvalue weighted by molar-refractivity contribution is -0.122. The summed E-state index contributed by atoms with van der Waals surface area (Å²) in [4.78, 5) is 10.5. The van der Waals surface area contributed by atoms with Crippen molar-refractivity contribution in [1.82, 2.24) is 4.72 Å². The fourth-order valence-electron chi connectivity index (χ4n) is 1.15. The summed E-state index contributed by atoms with van der Waals surface area (Å²) in [6.45, 7) is -0.152. The lowest BCUT2D eigenvalue weighted by atomic mass is 10.4. The summed E-state index contributed by atoms with van der Waals surface area (Å²) in [5, 5.41) is 0.420. The van der Waals surface area contributed by atoms with E-state index in [2.05, 4.69) is 20.7 Å². The van der Waals surface area contributed by atoms with Gasteiger partial charge in [-0.05, 0) is 34.1 Å². The molecule has 9 heteroatoms. The number of nitrogens with two attached hydrogens (primary N) is 1. The second-order valence-corrected chi connectivity index (χ2v) is 6.52. The molecule has 0 saturated heterocycles. The van der Waals surface area contributed by atoms with Gasteiger partial charge in [-0.1, -0.05) is 11.6 Å². The Morgan fingerprint density at radius 2 is 2.16 bits per heavy atom. The van der Waals surface area contributed by atoms with Crippen molar-refractivity contribution in [3.63, 3.8) is 0 Å². The molecule has 0 radical (unpaired) electrons. The molecule has 0 aromatic heterocycles. The summed E-state index contributed by atoms with van der Waals surface area (Å²) < 4.78 is 31.4. The van der Waals surface area contributed by atoms with Crippen molar-refractivity contribution >= 4 is 43.5 Å². The van der Waals surface area contributed by atoms with E-state index in [0.29, 0.717) is 9.50 Å². The highest BCUT2D eigenvalue weighted by Gasteiger charge is 2.14. The Bertz CT molecular complexity index is 565. The van der Waals surface area contributed by atoms with Crippen LogP contribution in [0.4, 0.5) is 0 Å². The SMILES string of the molecule is NC(=O)COCCNS(=O)(=O)c1ccc(Cl)c(Br)c1. The Balaban J connectivity index is 2.56. The van der Waals surface area contributed by atoms with Crippen molar-refractivity contribution in [2.45, 2.75) is 4.90 Å². The van der Waals surface area contributed by atoms with Crippen molar-refractivity contribution in [2.75, 3.05) is 19.8 Å². The van der Waals surface area contributed by atoms with Crippen LogP contribution in [0.15, 0.2) is 27.6 Å². The van der Waals surface area contributed by atoms with Gasteiger partial charge in [0, 0.05) is 11.0 Å². The molecular weight excluding hydrogens is 360 g/mol. The number of halogens is 2. The van der Waals surface area contributed by atoms with Crippen LogP contribution in [-0.4, -0.2) is 34.1 Å². The molecule has 0 aliphatic heterocycles. The molecule has 3 N–H and O–H groups in total. The van der Waals surface area contributed by atoms with E-state index in [9.17, 15) is 13.2 Å². The van der Waals surface area contributed by atoms with E-state index >= 15 is 0 Å². The Hall–Kier alpha value is -0.670. The predicted octanol–water partition coefficient (Wildman–Crippen LogP) is 0.883. The van der Waals surface area contributed by atoms with Crippen LogP contribution >= 0.6 is 27.5 Å². The van der Waals surface area contributed by atoms with Gasteiger partial charge in [0.1, 0.15) is 6.61 Å². The van der Waals surface area contributed by atoms with Gasteiger partial charge in [-0.2, -0.15) is 0 Å². The zero-order chi connectivity index (χ0) is 14.5. The lowest BCUT2D eigenvalue weighted by Crippen LogP contribution is -2.29. The average molecular weight is 372 g/mol. The number of primary amides is 1. The molecule has 6 nitrogen and oxygen atoms in total. The molecule has 0 heterocycles. The van der Waals surface area contributed by atoms with Gasteiger partial charge in [-0.3, -0.25) is 4.79 Å². The quantitative estimate of drug-likeness (QED) is 0.695. The van der Waals surface area contributed by atoms with Crippen molar-refractivity contribution in [3.8, 4) is 0 Å². The Labute approximate surface area is 124 Å². The number of hydrogen-bond acceptors (Lipinski definition) is 4. The van der Waals surface area contributed by atoms with Crippen molar-refractivity contribution < 1.29 is 17.9 Å². The normalized spacial score (nSPS) is 11.5. The van der Waals surface area contributed by atoms with Gasteiger partial charge >= 0.3 is 0 Å². The summed E-state index contributed by atoms with van der Waals surface area (Å²) in [6.07, 6.45) is 0. The van der Waals surface area contributed by atoms with Gasteiger partial charge < -0.3 is 10.5 Å². The van der Waals surface area contributed by atoms with E-state index in [1.165, 1.54) is 18.2 Å². The maximum absolute atomic E-state index is 11.9. The highest BCUT2D eigenvalue weighted by Crippen LogP contribution is 2.25. The molecule has 0 saturated carbocycles. The Kier molecular flexibility index (Phi) is 6.21. The molecule has 0 aliphatic carbocycles. The number of carbonyl (C=O) groups is 1. The first-order chi connectivity index (χ1) is 8.83. The van der Waals surface area contributed by atoms with E-state index in [4.69, 9.17) is 22.1 Å². The minimum Gasteiger partial charge on any atom is -0.370 e. The summed E-state index contributed by atoms with van der Waals surface area (Å²) >= 11 is 8.93. The number of sulfonamides is 1. The molecule has 1 aromatic rings. The molecule has 0 bridgehead atoms. The largest absolute Gasteiger partial charge is 0.370 e. The monoisotopic (exact) mass is 370 g/mol. The van der Waals surface area contributed by atoms with E-state index in [1.807, 2.05) is 0 Å². The Morgan fingerprint density at radius 3 is 2.74 bits per heavy atom. The standard InChI is InChI=1S/C10H12BrClN2O4S/c11-8-5-7(1-2-9(8)12)19(16,17)14-3-4-18-6-10(13)15/h1-2,5,14H,3-4,6H2,(H2,13,15). The molecule has 0 atom stereocenters. The van der Waals surface area contributed by atoms with Crippen LogP contribution in [0.25, 0.3) is 0 Å². The minimum absolute atomic E-state index is 0.0376. The predicted molar refractivity (Wildman–Crippen MR) is 74.4 cm³/mol. The summed E-state index contributed by atoms with van der Waals surface area (Å²) in [7, 11) is -3.64. The molecule has 1 amide bonds. The first kappa shape index (κ1) is 16.4. The smallest absolute Gasteiger partial charge is 0.243 e. The number of rotatable bonds is 7. The molecule has 0 aliphatic rings. The number of nitrogens with one attached hydrogen (secondary N) is 1. The summed E-state index contributed by atoms with van der Waals surface area (Å²) in [6, 6.07) is 4.26. The van der Waals surface area contributed by atoms with Crippen LogP contribution in [0.3, 0.4) is 0 Å². The maximum atomic E-state index is 11.9. The zero-order valence-electron chi connectivity index (χ0n) is 9.73. The number of benzene rings is 1. The van der Waals surface area contributed by atoms with Crippen LogP contribution in [-0.2, 0) is 19.6 Å². The summed E-state index contributed by atoms with van der Waals surface area (Å²) in [5.41, 5.74) is 4.86. The molecule has 106 valence electrons. The topological polar surface area (TPSA) is 98.5 Å². The molecule has 1 rings (SSSR count). The third-order valence-corrected chi connectivity index (χ3v) is 4.66. The van der Waals surface area contributed by atoms with Crippen LogP contribution in [0, 0.1) is 0 Å². The second-order valence-electron chi connectivity index (χ2n) is 3.49. The van der Waals surface area contributed by atoms with E-state index < -0.39 is 15.9 Å². The van der Waals surface area contributed by atoms with Gasteiger partial charge in [0.15, 0.2) is 0 Å². The van der Waals surface area contributed by atoms with E-state index in [1.54, 1.807) is 0 Å². The number of hydrogen-bond donors (Lipinski definition) is 2. The van der Waals surface area contributed by atoms with Crippen LogP contribution < -0.4 is 10.5 Å².